The molecule has 3 heteroatoms. The van der Waals surface area contributed by atoms with Crippen molar-refractivity contribution in [1.82, 2.24) is 0 Å². The second-order valence-corrected chi connectivity index (χ2v) is 4.76. The van der Waals surface area contributed by atoms with Crippen LogP contribution in [-0.4, -0.2) is 18.8 Å². The Morgan fingerprint density at radius 1 is 1.41 bits per heavy atom. The van der Waals surface area contributed by atoms with E-state index in [9.17, 15) is 0 Å². The summed E-state index contributed by atoms with van der Waals surface area (Å²) in [6.07, 6.45) is 2.85. The molecule has 1 saturated heterocycles. The van der Waals surface area contributed by atoms with Crippen molar-refractivity contribution >= 4 is 0 Å². The fraction of sp³-hybridized carbons (Fsp3) is 0.571. The molecule has 1 aliphatic rings. The summed E-state index contributed by atoms with van der Waals surface area (Å²) in [4.78, 5) is 0. The Morgan fingerprint density at radius 2 is 2.24 bits per heavy atom. The first-order valence-corrected chi connectivity index (χ1v) is 6.27. The maximum Gasteiger partial charge on any atom is 0.122 e. The van der Waals surface area contributed by atoms with Gasteiger partial charge in [0.2, 0.25) is 0 Å². The van der Waals surface area contributed by atoms with Crippen molar-refractivity contribution in [3.63, 3.8) is 0 Å². The van der Waals surface area contributed by atoms with Gasteiger partial charge in [-0.1, -0.05) is 12.1 Å². The SMILES string of the molecule is Cc1ccc(CN)cc1OCC1CCC(C)O1. The molecule has 2 unspecified atom stereocenters. The van der Waals surface area contributed by atoms with Crippen molar-refractivity contribution in [3.8, 4) is 5.75 Å². The highest BCUT2D eigenvalue weighted by molar-refractivity contribution is 5.36. The molecule has 0 bridgehead atoms. The molecule has 0 saturated carbocycles. The molecule has 2 rings (SSSR count). The second-order valence-electron chi connectivity index (χ2n) is 4.76. The molecule has 1 fully saturated rings. The first-order chi connectivity index (χ1) is 8.19. The van der Waals surface area contributed by atoms with Crippen LogP contribution in [0.4, 0.5) is 0 Å². The van der Waals surface area contributed by atoms with Gasteiger partial charge in [0, 0.05) is 6.54 Å². The van der Waals surface area contributed by atoms with E-state index in [1.807, 2.05) is 19.1 Å². The van der Waals surface area contributed by atoms with Crippen molar-refractivity contribution in [2.75, 3.05) is 6.61 Å². The van der Waals surface area contributed by atoms with Gasteiger partial charge in [0.15, 0.2) is 0 Å². The number of hydrogen-bond acceptors (Lipinski definition) is 3. The first-order valence-electron chi connectivity index (χ1n) is 6.27. The number of hydrogen-bond donors (Lipinski definition) is 1. The van der Waals surface area contributed by atoms with Gasteiger partial charge in [-0.15, -0.1) is 0 Å². The zero-order chi connectivity index (χ0) is 12.3. The van der Waals surface area contributed by atoms with Crippen molar-refractivity contribution in [2.45, 2.75) is 45.4 Å². The van der Waals surface area contributed by atoms with Gasteiger partial charge in [-0.25, -0.2) is 0 Å². The molecule has 3 nitrogen and oxygen atoms in total. The summed E-state index contributed by atoms with van der Waals surface area (Å²) < 4.78 is 11.6. The van der Waals surface area contributed by atoms with E-state index in [-0.39, 0.29) is 6.10 Å². The highest BCUT2D eigenvalue weighted by Gasteiger charge is 2.22. The molecule has 0 aromatic heterocycles. The van der Waals surface area contributed by atoms with Crippen LogP contribution in [0, 0.1) is 6.92 Å². The van der Waals surface area contributed by atoms with Crippen LogP contribution in [0.1, 0.15) is 30.9 Å². The van der Waals surface area contributed by atoms with Gasteiger partial charge in [0.1, 0.15) is 12.4 Å². The Hall–Kier alpha value is -1.06. The van der Waals surface area contributed by atoms with Crippen LogP contribution in [0.25, 0.3) is 0 Å². The normalized spacial score (nSPS) is 23.9. The molecule has 0 aliphatic carbocycles. The average Bonchev–Trinajstić information content (AvgIpc) is 2.74. The van der Waals surface area contributed by atoms with Gasteiger partial charge in [-0.3, -0.25) is 0 Å². The molecule has 0 amide bonds. The lowest BCUT2D eigenvalue weighted by Crippen LogP contribution is -2.18. The second kappa shape index (κ2) is 5.52. The third kappa shape index (κ3) is 3.20. The summed E-state index contributed by atoms with van der Waals surface area (Å²) in [5.74, 6) is 0.927. The maximum atomic E-state index is 5.83. The van der Waals surface area contributed by atoms with E-state index in [0.717, 1.165) is 29.7 Å². The minimum absolute atomic E-state index is 0.242. The van der Waals surface area contributed by atoms with E-state index in [2.05, 4.69) is 13.0 Å². The van der Waals surface area contributed by atoms with Gasteiger partial charge in [-0.2, -0.15) is 0 Å². The number of ether oxygens (including phenoxy) is 2. The highest BCUT2D eigenvalue weighted by Crippen LogP contribution is 2.23. The summed E-state index contributed by atoms with van der Waals surface area (Å²) in [5, 5.41) is 0. The zero-order valence-corrected chi connectivity index (χ0v) is 10.6. The third-order valence-corrected chi connectivity index (χ3v) is 3.23. The standard InChI is InChI=1S/C14H21NO2/c1-10-3-5-12(8-15)7-14(10)16-9-13-6-4-11(2)17-13/h3,5,7,11,13H,4,6,8-9,15H2,1-2H3. The zero-order valence-electron chi connectivity index (χ0n) is 10.6. The van der Waals surface area contributed by atoms with Gasteiger partial charge < -0.3 is 15.2 Å². The lowest BCUT2D eigenvalue weighted by Gasteiger charge is -2.15. The molecule has 17 heavy (non-hydrogen) atoms. The minimum Gasteiger partial charge on any atom is -0.491 e. The minimum atomic E-state index is 0.242. The lowest BCUT2D eigenvalue weighted by molar-refractivity contribution is 0.0263. The van der Waals surface area contributed by atoms with Gasteiger partial charge in [0.25, 0.3) is 0 Å². The Kier molecular flexibility index (Phi) is 4.02. The van der Waals surface area contributed by atoms with Gasteiger partial charge in [0.05, 0.1) is 12.2 Å². The fourth-order valence-corrected chi connectivity index (χ4v) is 2.12. The Balaban J connectivity index is 1.94. The van der Waals surface area contributed by atoms with E-state index in [4.69, 9.17) is 15.2 Å². The van der Waals surface area contributed by atoms with Crippen molar-refractivity contribution < 1.29 is 9.47 Å². The molecular weight excluding hydrogens is 214 g/mol. The van der Waals surface area contributed by atoms with Crippen LogP contribution in [0.3, 0.4) is 0 Å². The third-order valence-electron chi connectivity index (χ3n) is 3.23. The van der Waals surface area contributed by atoms with Crippen molar-refractivity contribution in [3.05, 3.63) is 29.3 Å². The van der Waals surface area contributed by atoms with Gasteiger partial charge >= 0.3 is 0 Å². The molecule has 0 spiro atoms. The quantitative estimate of drug-likeness (QED) is 0.871. The monoisotopic (exact) mass is 235 g/mol. The van der Waals surface area contributed by atoms with Crippen LogP contribution < -0.4 is 10.5 Å². The van der Waals surface area contributed by atoms with Crippen molar-refractivity contribution in [2.24, 2.45) is 5.73 Å². The van der Waals surface area contributed by atoms with Gasteiger partial charge in [-0.05, 0) is 43.9 Å². The molecule has 94 valence electrons. The average molecular weight is 235 g/mol. The largest absolute Gasteiger partial charge is 0.491 e. The first kappa shape index (κ1) is 12.4. The topological polar surface area (TPSA) is 44.5 Å². The Morgan fingerprint density at radius 3 is 2.88 bits per heavy atom. The number of aryl methyl sites for hydroxylation is 1. The maximum absolute atomic E-state index is 5.83. The molecule has 2 N–H and O–H groups in total. The van der Waals surface area contributed by atoms with E-state index in [1.165, 1.54) is 0 Å². The van der Waals surface area contributed by atoms with Crippen LogP contribution in [-0.2, 0) is 11.3 Å². The van der Waals surface area contributed by atoms with E-state index < -0.39 is 0 Å². The number of benzene rings is 1. The summed E-state index contributed by atoms with van der Waals surface area (Å²) >= 11 is 0. The molecule has 1 aliphatic heterocycles. The Bertz CT molecular complexity index is 378. The molecule has 2 atom stereocenters. The van der Waals surface area contributed by atoms with E-state index in [0.29, 0.717) is 19.3 Å². The van der Waals surface area contributed by atoms with Crippen LogP contribution in [0.15, 0.2) is 18.2 Å². The summed E-state index contributed by atoms with van der Waals surface area (Å²) in [7, 11) is 0. The summed E-state index contributed by atoms with van der Waals surface area (Å²) in [6, 6.07) is 6.11. The summed E-state index contributed by atoms with van der Waals surface area (Å²) in [5.41, 5.74) is 7.87. The molecule has 1 aromatic rings. The molecule has 1 aromatic carbocycles. The van der Waals surface area contributed by atoms with Crippen LogP contribution >= 0.6 is 0 Å². The van der Waals surface area contributed by atoms with E-state index >= 15 is 0 Å². The van der Waals surface area contributed by atoms with E-state index in [1.54, 1.807) is 0 Å². The molecule has 0 radical (unpaired) electrons. The number of nitrogens with two attached hydrogens (primary N) is 1. The lowest BCUT2D eigenvalue weighted by atomic mass is 10.1. The smallest absolute Gasteiger partial charge is 0.122 e. The predicted molar refractivity (Wildman–Crippen MR) is 68.1 cm³/mol. The molecular formula is C14H21NO2. The van der Waals surface area contributed by atoms with Crippen LogP contribution in [0.2, 0.25) is 0 Å². The van der Waals surface area contributed by atoms with Crippen molar-refractivity contribution in [1.29, 1.82) is 0 Å². The van der Waals surface area contributed by atoms with Crippen LogP contribution in [0.5, 0.6) is 5.75 Å². The fourth-order valence-electron chi connectivity index (χ4n) is 2.12. The summed E-state index contributed by atoms with van der Waals surface area (Å²) in [6.45, 7) is 5.35. The Labute approximate surface area is 103 Å². The predicted octanol–water partition coefficient (Wildman–Crippen LogP) is 2.40. The molecule has 1 heterocycles. The number of rotatable bonds is 4. The highest BCUT2D eigenvalue weighted by atomic mass is 16.5.